The van der Waals surface area contributed by atoms with Crippen LogP contribution >= 0.6 is 11.6 Å². The summed E-state index contributed by atoms with van der Waals surface area (Å²) in [6.45, 7) is 4.30. The Kier molecular flexibility index (Phi) is 7.43. The minimum absolute atomic E-state index is 0.0414. The molecule has 2 aromatic carbocycles. The van der Waals surface area contributed by atoms with Crippen LogP contribution in [0, 0.1) is 6.92 Å². The molecule has 0 saturated heterocycles. The number of anilines is 1. The largest absolute Gasteiger partial charge is 0.481 e. The van der Waals surface area contributed by atoms with Crippen molar-refractivity contribution in [3.05, 3.63) is 70.9 Å². The highest BCUT2D eigenvalue weighted by molar-refractivity contribution is 6.33. The van der Waals surface area contributed by atoms with Crippen LogP contribution in [0.1, 0.15) is 30.6 Å². The Morgan fingerprint density at radius 1 is 1.17 bits per heavy atom. The molecule has 1 atom stereocenters. The van der Waals surface area contributed by atoms with Gasteiger partial charge in [-0.3, -0.25) is 4.79 Å². The summed E-state index contributed by atoms with van der Waals surface area (Å²) >= 11 is 6.31. The number of benzene rings is 2. The zero-order valence-corrected chi connectivity index (χ0v) is 20.3. The van der Waals surface area contributed by atoms with Gasteiger partial charge in [0, 0.05) is 31.0 Å². The number of aryl methyl sites for hydroxylation is 1. The number of carboxylic acids is 1. The van der Waals surface area contributed by atoms with Crippen LogP contribution in [0.2, 0.25) is 5.02 Å². The number of halogens is 1. The SMILES string of the molecule is COC(C)c1cc(-c2nc(-c3cnc(NCCC(=O)O)c(Cl)c3)no2)ccc1-c1ccccc1C. The number of pyridine rings is 1. The van der Waals surface area contributed by atoms with Gasteiger partial charge in [0.1, 0.15) is 5.82 Å². The van der Waals surface area contributed by atoms with E-state index in [1.165, 1.54) is 5.56 Å². The number of aromatic nitrogens is 3. The third kappa shape index (κ3) is 5.50. The lowest BCUT2D eigenvalue weighted by atomic mass is 9.92. The van der Waals surface area contributed by atoms with Crippen LogP contribution in [0.15, 0.2) is 59.3 Å². The monoisotopic (exact) mass is 492 g/mol. The van der Waals surface area contributed by atoms with E-state index in [1.807, 2.05) is 37.3 Å². The molecule has 8 nitrogen and oxygen atoms in total. The maximum Gasteiger partial charge on any atom is 0.305 e. The molecule has 0 fully saturated rings. The summed E-state index contributed by atoms with van der Waals surface area (Å²) < 4.78 is 11.2. The van der Waals surface area contributed by atoms with Crippen molar-refractivity contribution >= 4 is 23.4 Å². The van der Waals surface area contributed by atoms with Crippen molar-refractivity contribution in [3.8, 4) is 34.0 Å². The molecular formula is C26H25ClN4O4. The third-order valence-electron chi connectivity index (χ3n) is 5.68. The van der Waals surface area contributed by atoms with Crippen molar-refractivity contribution in [1.82, 2.24) is 15.1 Å². The summed E-state index contributed by atoms with van der Waals surface area (Å²) in [5.41, 5.74) is 5.77. The fourth-order valence-electron chi connectivity index (χ4n) is 3.72. The van der Waals surface area contributed by atoms with E-state index in [0.717, 1.165) is 22.3 Å². The second-order valence-corrected chi connectivity index (χ2v) is 8.45. The number of methoxy groups -OCH3 is 1. The number of carbonyl (C=O) groups is 1. The zero-order valence-electron chi connectivity index (χ0n) is 19.6. The molecule has 0 saturated carbocycles. The minimum Gasteiger partial charge on any atom is -0.481 e. The molecule has 1 unspecified atom stereocenters. The van der Waals surface area contributed by atoms with E-state index in [-0.39, 0.29) is 19.1 Å². The fraction of sp³-hybridized carbons (Fsp3) is 0.231. The zero-order chi connectivity index (χ0) is 24.9. The summed E-state index contributed by atoms with van der Waals surface area (Å²) in [7, 11) is 1.68. The summed E-state index contributed by atoms with van der Waals surface area (Å²) in [6, 6.07) is 15.9. The quantitative estimate of drug-likeness (QED) is 0.292. The Bertz CT molecular complexity index is 1350. The van der Waals surface area contributed by atoms with Crippen molar-refractivity contribution in [2.24, 2.45) is 0 Å². The van der Waals surface area contributed by atoms with Gasteiger partial charge < -0.3 is 19.7 Å². The second kappa shape index (κ2) is 10.7. The molecule has 0 aliphatic carbocycles. The van der Waals surface area contributed by atoms with E-state index in [1.54, 1.807) is 19.4 Å². The normalized spacial score (nSPS) is 11.9. The smallest absolute Gasteiger partial charge is 0.305 e. The van der Waals surface area contributed by atoms with E-state index >= 15 is 0 Å². The van der Waals surface area contributed by atoms with Crippen LogP contribution in [0.5, 0.6) is 0 Å². The average molecular weight is 493 g/mol. The molecule has 0 spiro atoms. The lowest BCUT2D eigenvalue weighted by Crippen LogP contribution is -2.08. The van der Waals surface area contributed by atoms with Crippen molar-refractivity contribution in [2.45, 2.75) is 26.4 Å². The fourth-order valence-corrected chi connectivity index (χ4v) is 3.95. The van der Waals surface area contributed by atoms with E-state index < -0.39 is 5.97 Å². The molecule has 0 amide bonds. The van der Waals surface area contributed by atoms with Gasteiger partial charge in [-0.1, -0.05) is 47.1 Å². The number of nitrogens with zero attached hydrogens (tertiary/aromatic N) is 3. The highest BCUT2D eigenvalue weighted by Crippen LogP contribution is 2.35. The molecular weight excluding hydrogens is 468 g/mol. The number of carboxylic acid groups (broad SMARTS) is 1. The lowest BCUT2D eigenvalue weighted by Gasteiger charge is -2.17. The van der Waals surface area contributed by atoms with Gasteiger partial charge in [0.25, 0.3) is 5.89 Å². The van der Waals surface area contributed by atoms with Crippen LogP contribution in [0.25, 0.3) is 34.0 Å². The van der Waals surface area contributed by atoms with Gasteiger partial charge in [0.05, 0.1) is 17.5 Å². The molecule has 2 heterocycles. The van der Waals surface area contributed by atoms with Gasteiger partial charge in [-0.15, -0.1) is 0 Å². The van der Waals surface area contributed by atoms with Crippen molar-refractivity contribution in [1.29, 1.82) is 0 Å². The number of rotatable bonds is 9. The molecule has 180 valence electrons. The number of aliphatic carboxylic acids is 1. The molecule has 4 rings (SSSR count). The maximum absolute atomic E-state index is 10.7. The van der Waals surface area contributed by atoms with Crippen LogP contribution in [0.3, 0.4) is 0 Å². The molecule has 0 aliphatic rings. The number of ether oxygens (including phenoxy) is 1. The number of nitrogens with one attached hydrogen (secondary N) is 1. The lowest BCUT2D eigenvalue weighted by molar-refractivity contribution is -0.136. The standard InChI is InChI=1S/C26H25ClN4O4/c1-15-6-4-5-7-19(15)20-9-8-17(12-21(20)16(2)34-3)26-30-24(31-35-26)18-13-22(27)25(29-14-18)28-11-10-23(32)33/h4-9,12-14,16H,10-11H2,1-3H3,(H,28,29)(H,32,33). The first-order valence-corrected chi connectivity index (χ1v) is 11.4. The van der Waals surface area contributed by atoms with Gasteiger partial charge in [-0.2, -0.15) is 4.98 Å². The molecule has 2 N–H and O–H groups in total. The van der Waals surface area contributed by atoms with Crippen molar-refractivity contribution in [2.75, 3.05) is 19.0 Å². The van der Waals surface area contributed by atoms with Crippen LogP contribution < -0.4 is 5.32 Å². The topological polar surface area (TPSA) is 110 Å². The van der Waals surface area contributed by atoms with E-state index in [4.69, 9.17) is 26.0 Å². The van der Waals surface area contributed by atoms with Crippen LogP contribution in [-0.2, 0) is 9.53 Å². The number of hydrogen-bond donors (Lipinski definition) is 2. The summed E-state index contributed by atoms with van der Waals surface area (Å²) in [4.78, 5) is 19.5. The summed E-state index contributed by atoms with van der Waals surface area (Å²) in [5.74, 6) is 0.196. The Morgan fingerprint density at radius 2 is 1.97 bits per heavy atom. The van der Waals surface area contributed by atoms with Gasteiger partial charge in [-0.25, -0.2) is 4.98 Å². The minimum atomic E-state index is -0.903. The van der Waals surface area contributed by atoms with E-state index in [9.17, 15) is 4.79 Å². The highest BCUT2D eigenvalue weighted by atomic mass is 35.5. The Morgan fingerprint density at radius 3 is 2.69 bits per heavy atom. The predicted octanol–water partition coefficient (Wildman–Crippen LogP) is 6.02. The molecule has 0 radical (unpaired) electrons. The molecule has 2 aromatic heterocycles. The van der Waals surface area contributed by atoms with Crippen LogP contribution in [-0.4, -0.2) is 39.9 Å². The van der Waals surface area contributed by atoms with Gasteiger partial charge >= 0.3 is 5.97 Å². The first kappa shape index (κ1) is 24.4. The van der Waals surface area contributed by atoms with Gasteiger partial charge in [0.15, 0.2) is 0 Å². The van der Waals surface area contributed by atoms with Gasteiger partial charge in [0.2, 0.25) is 5.82 Å². The predicted molar refractivity (Wildman–Crippen MR) is 134 cm³/mol. The molecule has 0 aliphatic heterocycles. The third-order valence-corrected chi connectivity index (χ3v) is 5.97. The Hall–Kier alpha value is -3.75. The summed E-state index contributed by atoms with van der Waals surface area (Å²) in [5, 5.41) is 16.1. The first-order chi connectivity index (χ1) is 16.9. The molecule has 4 aromatic rings. The van der Waals surface area contributed by atoms with Crippen molar-refractivity contribution in [3.63, 3.8) is 0 Å². The average Bonchev–Trinajstić information content (AvgIpc) is 3.35. The first-order valence-electron chi connectivity index (χ1n) is 11.1. The second-order valence-electron chi connectivity index (χ2n) is 8.04. The van der Waals surface area contributed by atoms with Crippen LogP contribution in [0.4, 0.5) is 5.82 Å². The van der Waals surface area contributed by atoms with E-state index in [2.05, 4.69) is 39.5 Å². The number of hydrogen-bond acceptors (Lipinski definition) is 7. The Balaban J connectivity index is 1.62. The highest BCUT2D eigenvalue weighted by Gasteiger charge is 2.18. The van der Waals surface area contributed by atoms with Gasteiger partial charge in [-0.05, 0) is 54.3 Å². The molecule has 9 heteroatoms. The van der Waals surface area contributed by atoms with Crippen molar-refractivity contribution < 1.29 is 19.2 Å². The molecule has 0 bridgehead atoms. The maximum atomic E-state index is 10.7. The van der Waals surface area contributed by atoms with E-state index in [0.29, 0.717) is 28.1 Å². The molecule has 35 heavy (non-hydrogen) atoms. The summed E-state index contributed by atoms with van der Waals surface area (Å²) in [6.07, 6.45) is 1.37. The Labute approximate surface area is 207 Å².